The first kappa shape index (κ1) is 14.9. The largest absolute Gasteiger partial charge is 0.378 e. The zero-order valence-electron chi connectivity index (χ0n) is 12.8. The first-order chi connectivity index (χ1) is 10.1. The van der Waals surface area contributed by atoms with Crippen molar-refractivity contribution < 1.29 is 0 Å². The van der Waals surface area contributed by atoms with Gasteiger partial charge in [-0.05, 0) is 49.2 Å². The predicted molar refractivity (Wildman–Crippen MR) is 94.5 cm³/mol. The molecule has 0 radical (unpaired) electrons. The second-order valence-corrected chi connectivity index (χ2v) is 8.54. The zero-order valence-corrected chi connectivity index (χ0v) is 14.4. The van der Waals surface area contributed by atoms with Crippen LogP contribution in [0.15, 0.2) is 39.9 Å². The molecule has 3 rings (SSSR count). The summed E-state index contributed by atoms with van der Waals surface area (Å²) in [5.74, 6) is 0. The van der Waals surface area contributed by atoms with Gasteiger partial charge in [0.25, 0.3) is 0 Å². The van der Waals surface area contributed by atoms with Crippen molar-refractivity contribution in [2.24, 2.45) is 0 Å². The second kappa shape index (κ2) is 6.42. The fourth-order valence-corrected chi connectivity index (χ4v) is 5.38. The van der Waals surface area contributed by atoms with E-state index in [2.05, 4.69) is 66.9 Å². The molecule has 21 heavy (non-hydrogen) atoms. The van der Waals surface area contributed by atoms with Gasteiger partial charge < -0.3 is 10.2 Å². The van der Waals surface area contributed by atoms with Crippen LogP contribution >= 0.6 is 23.1 Å². The van der Waals surface area contributed by atoms with Crippen LogP contribution in [0.2, 0.25) is 0 Å². The molecule has 1 aliphatic rings. The van der Waals surface area contributed by atoms with Gasteiger partial charge in [0.1, 0.15) is 0 Å². The van der Waals surface area contributed by atoms with Crippen LogP contribution in [0.3, 0.4) is 0 Å². The van der Waals surface area contributed by atoms with Gasteiger partial charge in [0.15, 0.2) is 0 Å². The standard InChI is InChI=1S/C17H22N2S2/c1-12-10-16(14-8-9-20-17(14)21-12)18-15-7-5-4-6-13(15)11-19(2)3/h4-9,12,16,18H,10-11H2,1-3H3/t12-,16?/m0/s1. The molecule has 1 aliphatic heterocycles. The first-order valence-electron chi connectivity index (χ1n) is 7.36. The summed E-state index contributed by atoms with van der Waals surface area (Å²) in [6.07, 6.45) is 1.19. The van der Waals surface area contributed by atoms with E-state index in [0.717, 1.165) is 6.54 Å². The van der Waals surface area contributed by atoms with Crippen molar-refractivity contribution in [1.82, 2.24) is 4.90 Å². The Morgan fingerprint density at radius 2 is 2.05 bits per heavy atom. The maximum Gasteiger partial charge on any atom is 0.0653 e. The van der Waals surface area contributed by atoms with Gasteiger partial charge in [-0.15, -0.1) is 23.1 Å². The highest BCUT2D eigenvalue weighted by molar-refractivity contribution is 8.01. The molecule has 0 bridgehead atoms. The molecule has 0 saturated carbocycles. The molecule has 112 valence electrons. The normalized spacial score (nSPS) is 21.3. The van der Waals surface area contributed by atoms with Gasteiger partial charge in [0.2, 0.25) is 0 Å². The number of nitrogens with one attached hydrogen (secondary N) is 1. The minimum absolute atomic E-state index is 0.436. The van der Waals surface area contributed by atoms with E-state index in [1.165, 1.54) is 27.4 Å². The summed E-state index contributed by atoms with van der Waals surface area (Å²) in [5, 5.41) is 6.69. The van der Waals surface area contributed by atoms with Crippen LogP contribution in [-0.2, 0) is 6.54 Å². The molecule has 1 aromatic carbocycles. The third-order valence-corrected chi connectivity index (χ3v) is 6.09. The molecule has 0 amide bonds. The molecule has 0 fully saturated rings. The van der Waals surface area contributed by atoms with E-state index in [9.17, 15) is 0 Å². The lowest BCUT2D eigenvalue weighted by molar-refractivity contribution is 0.403. The number of thiophene rings is 1. The molecule has 4 heteroatoms. The van der Waals surface area contributed by atoms with Crippen molar-refractivity contribution in [3.63, 3.8) is 0 Å². The van der Waals surface area contributed by atoms with E-state index in [1.807, 2.05) is 23.1 Å². The number of thioether (sulfide) groups is 1. The Labute approximate surface area is 135 Å². The molecule has 2 heterocycles. The van der Waals surface area contributed by atoms with Gasteiger partial charge in [0, 0.05) is 17.5 Å². The van der Waals surface area contributed by atoms with Crippen LogP contribution < -0.4 is 5.32 Å². The van der Waals surface area contributed by atoms with Crippen LogP contribution in [-0.4, -0.2) is 24.2 Å². The highest BCUT2D eigenvalue weighted by atomic mass is 32.2. The van der Waals surface area contributed by atoms with Crippen molar-refractivity contribution >= 4 is 28.8 Å². The molecule has 0 spiro atoms. The van der Waals surface area contributed by atoms with E-state index in [1.54, 1.807) is 0 Å². The lowest BCUT2D eigenvalue weighted by atomic mass is 10.0. The SMILES string of the molecule is C[C@H]1CC(Nc2ccccc2CN(C)C)c2ccsc2S1. The van der Waals surface area contributed by atoms with Gasteiger partial charge in [0.05, 0.1) is 10.3 Å². The maximum atomic E-state index is 3.79. The zero-order chi connectivity index (χ0) is 14.8. The summed E-state index contributed by atoms with van der Waals surface area (Å²) in [7, 11) is 4.24. The molecule has 2 aromatic rings. The quantitative estimate of drug-likeness (QED) is 0.868. The Bertz CT molecular complexity index is 606. The Hall–Kier alpha value is -0.970. The molecule has 2 nitrogen and oxygen atoms in total. The molecule has 1 unspecified atom stereocenters. The Morgan fingerprint density at radius 3 is 2.86 bits per heavy atom. The van der Waals surface area contributed by atoms with Crippen LogP contribution in [0.25, 0.3) is 0 Å². The van der Waals surface area contributed by atoms with Gasteiger partial charge in [-0.25, -0.2) is 0 Å². The Kier molecular flexibility index (Phi) is 4.57. The van der Waals surface area contributed by atoms with Crippen molar-refractivity contribution in [2.75, 3.05) is 19.4 Å². The maximum absolute atomic E-state index is 3.79. The number of benzene rings is 1. The van der Waals surface area contributed by atoms with E-state index in [0.29, 0.717) is 11.3 Å². The number of fused-ring (bicyclic) bond motifs is 1. The summed E-state index contributed by atoms with van der Waals surface area (Å²) < 4.78 is 1.48. The summed E-state index contributed by atoms with van der Waals surface area (Å²) >= 11 is 3.89. The van der Waals surface area contributed by atoms with Gasteiger partial charge in [-0.2, -0.15) is 0 Å². The summed E-state index contributed by atoms with van der Waals surface area (Å²) in [5.41, 5.74) is 4.11. The minimum Gasteiger partial charge on any atom is -0.378 e. The van der Waals surface area contributed by atoms with Crippen LogP contribution in [0.4, 0.5) is 5.69 Å². The summed E-state index contributed by atoms with van der Waals surface area (Å²) in [6, 6.07) is 11.4. The van der Waals surface area contributed by atoms with Gasteiger partial charge in [-0.1, -0.05) is 25.1 Å². The van der Waals surface area contributed by atoms with E-state index in [-0.39, 0.29) is 0 Å². The summed E-state index contributed by atoms with van der Waals surface area (Å²) in [4.78, 5) is 2.22. The number of rotatable bonds is 4. The van der Waals surface area contributed by atoms with Crippen LogP contribution in [0, 0.1) is 0 Å². The monoisotopic (exact) mass is 318 g/mol. The molecule has 0 aliphatic carbocycles. The number of para-hydroxylation sites is 1. The molecule has 2 atom stereocenters. The van der Waals surface area contributed by atoms with E-state index < -0.39 is 0 Å². The lowest BCUT2D eigenvalue weighted by Gasteiger charge is -2.29. The number of nitrogens with zero attached hydrogens (tertiary/aromatic N) is 1. The average Bonchev–Trinajstić information content (AvgIpc) is 2.88. The number of hydrogen-bond donors (Lipinski definition) is 1. The third kappa shape index (κ3) is 3.44. The van der Waals surface area contributed by atoms with Gasteiger partial charge >= 0.3 is 0 Å². The van der Waals surface area contributed by atoms with E-state index in [4.69, 9.17) is 0 Å². The highest BCUT2D eigenvalue weighted by Crippen LogP contribution is 2.45. The van der Waals surface area contributed by atoms with Crippen LogP contribution in [0.5, 0.6) is 0 Å². The topological polar surface area (TPSA) is 15.3 Å². The minimum atomic E-state index is 0.436. The average molecular weight is 319 g/mol. The second-order valence-electron chi connectivity index (χ2n) is 5.92. The predicted octanol–water partition coefficient (Wildman–Crippen LogP) is 4.85. The van der Waals surface area contributed by atoms with Crippen molar-refractivity contribution in [3.05, 3.63) is 46.8 Å². The lowest BCUT2D eigenvalue weighted by Crippen LogP contribution is -2.20. The number of anilines is 1. The molecule has 0 saturated heterocycles. The van der Waals surface area contributed by atoms with Crippen molar-refractivity contribution in [2.45, 2.75) is 35.4 Å². The highest BCUT2D eigenvalue weighted by Gasteiger charge is 2.26. The molecule has 1 aromatic heterocycles. The van der Waals surface area contributed by atoms with Gasteiger partial charge in [-0.3, -0.25) is 0 Å². The van der Waals surface area contributed by atoms with Crippen LogP contribution in [0.1, 0.15) is 30.5 Å². The number of hydrogen-bond acceptors (Lipinski definition) is 4. The fraction of sp³-hybridized carbons (Fsp3) is 0.412. The van der Waals surface area contributed by atoms with E-state index >= 15 is 0 Å². The third-order valence-electron chi connectivity index (χ3n) is 3.74. The Morgan fingerprint density at radius 1 is 1.24 bits per heavy atom. The van der Waals surface area contributed by atoms with Crippen molar-refractivity contribution in [3.8, 4) is 0 Å². The molecule has 1 N–H and O–H groups in total. The molecular weight excluding hydrogens is 296 g/mol. The smallest absolute Gasteiger partial charge is 0.0653 e. The fourth-order valence-electron chi connectivity index (χ4n) is 2.81. The summed E-state index contributed by atoms with van der Waals surface area (Å²) in [6.45, 7) is 3.30. The van der Waals surface area contributed by atoms with Crippen molar-refractivity contribution in [1.29, 1.82) is 0 Å². The first-order valence-corrected chi connectivity index (χ1v) is 9.12. The Balaban J connectivity index is 1.85. The molecular formula is C17H22N2S2.